The number of methoxy groups -OCH3 is 2. The predicted octanol–water partition coefficient (Wildman–Crippen LogP) is 2.57. The number of Topliss-reactive ketones (excluding diaryl/α,β-unsaturated/α-hetero) is 1. The van der Waals surface area contributed by atoms with Crippen LogP contribution in [0.15, 0.2) is 36.4 Å². The minimum atomic E-state index is -0.888. The number of amides is 2. The number of ketones is 1. The summed E-state index contributed by atoms with van der Waals surface area (Å²) in [6.07, 6.45) is 0. The SMILES string of the molecule is COc1ccc(OC)c(NC(=O)C(C)N2C(=O)C(=O)c3cc(C)ccc32)c1. The maximum atomic E-state index is 12.8. The Morgan fingerprint density at radius 3 is 2.48 bits per heavy atom. The van der Waals surface area contributed by atoms with Gasteiger partial charge >= 0.3 is 0 Å². The normalized spacial score (nSPS) is 14.0. The van der Waals surface area contributed by atoms with E-state index in [1.54, 1.807) is 43.3 Å². The fourth-order valence-corrected chi connectivity index (χ4v) is 3.03. The summed E-state index contributed by atoms with van der Waals surface area (Å²) in [5.41, 5.74) is 2.04. The highest BCUT2D eigenvalue weighted by atomic mass is 16.5. The van der Waals surface area contributed by atoms with Gasteiger partial charge in [-0.15, -0.1) is 0 Å². The van der Waals surface area contributed by atoms with Crippen molar-refractivity contribution < 1.29 is 23.9 Å². The van der Waals surface area contributed by atoms with Crippen LogP contribution < -0.4 is 19.7 Å². The van der Waals surface area contributed by atoms with E-state index >= 15 is 0 Å². The molecule has 0 fully saturated rings. The second-order valence-electron chi connectivity index (χ2n) is 6.26. The molecule has 7 nitrogen and oxygen atoms in total. The van der Waals surface area contributed by atoms with Crippen LogP contribution in [0.5, 0.6) is 11.5 Å². The molecule has 7 heteroatoms. The molecule has 2 aromatic rings. The van der Waals surface area contributed by atoms with E-state index in [1.165, 1.54) is 19.1 Å². The van der Waals surface area contributed by atoms with Crippen molar-refractivity contribution in [2.45, 2.75) is 19.9 Å². The molecule has 0 spiro atoms. The van der Waals surface area contributed by atoms with Crippen molar-refractivity contribution in [3.8, 4) is 11.5 Å². The molecule has 140 valence electrons. The summed E-state index contributed by atoms with van der Waals surface area (Å²) in [5, 5.41) is 2.74. The quantitative estimate of drug-likeness (QED) is 0.820. The van der Waals surface area contributed by atoms with E-state index < -0.39 is 23.6 Å². The number of anilines is 2. The molecule has 0 aliphatic carbocycles. The predicted molar refractivity (Wildman–Crippen MR) is 101 cm³/mol. The Morgan fingerprint density at radius 2 is 1.81 bits per heavy atom. The maximum absolute atomic E-state index is 12.8. The molecule has 0 aromatic heterocycles. The number of nitrogens with one attached hydrogen (secondary N) is 1. The molecule has 1 aliphatic heterocycles. The van der Waals surface area contributed by atoms with E-state index in [1.807, 2.05) is 6.92 Å². The summed E-state index contributed by atoms with van der Waals surface area (Å²) >= 11 is 0. The Kier molecular flexibility index (Phi) is 4.85. The van der Waals surface area contributed by atoms with Gasteiger partial charge in [-0.25, -0.2) is 0 Å². The number of nitrogens with zero attached hydrogens (tertiary/aromatic N) is 1. The second kappa shape index (κ2) is 7.11. The molecular weight excluding hydrogens is 348 g/mol. The molecule has 2 aromatic carbocycles. The van der Waals surface area contributed by atoms with Gasteiger partial charge in [-0.1, -0.05) is 11.6 Å². The summed E-state index contributed by atoms with van der Waals surface area (Å²) in [7, 11) is 3.01. The zero-order chi connectivity index (χ0) is 19.7. The average Bonchev–Trinajstić information content (AvgIpc) is 2.91. The summed E-state index contributed by atoms with van der Waals surface area (Å²) in [5.74, 6) is -0.762. The molecule has 1 heterocycles. The highest BCUT2D eigenvalue weighted by Crippen LogP contribution is 2.33. The Balaban J connectivity index is 1.89. The summed E-state index contributed by atoms with van der Waals surface area (Å²) in [4.78, 5) is 38.7. The molecule has 0 radical (unpaired) electrons. The van der Waals surface area contributed by atoms with Gasteiger partial charge in [-0.3, -0.25) is 19.3 Å². The largest absolute Gasteiger partial charge is 0.497 e. The smallest absolute Gasteiger partial charge is 0.300 e. The lowest BCUT2D eigenvalue weighted by Gasteiger charge is -2.24. The second-order valence-corrected chi connectivity index (χ2v) is 6.26. The highest BCUT2D eigenvalue weighted by Gasteiger charge is 2.40. The first-order valence-electron chi connectivity index (χ1n) is 8.38. The van der Waals surface area contributed by atoms with Crippen molar-refractivity contribution in [3.63, 3.8) is 0 Å². The van der Waals surface area contributed by atoms with Gasteiger partial charge in [-0.2, -0.15) is 0 Å². The van der Waals surface area contributed by atoms with E-state index in [-0.39, 0.29) is 0 Å². The fraction of sp³-hybridized carbons (Fsp3) is 0.250. The molecule has 1 N–H and O–H groups in total. The third-order valence-corrected chi connectivity index (χ3v) is 4.50. The van der Waals surface area contributed by atoms with Crippen molar-refractivity contribution >= 4 is 29.0 Å². The number of carbonyl (C=O) groups is 3. The number of aryl methyl sites for hydroxylation is 1. The van der Waals surface area contributed by atoms with E-state index in [2.05, 4.69) is 5.32 Å². The zero-order valence-corrected chi connectivity index (χ0v) is 15.5. The van der Waals surface area contributed by atoms with Crippen molar-refractivity contribution in [1.29, 1.82) is 0 Å². The molecule has 1 unspecified atom stereocenters. The van der Waals surface area contributed by atoms with Gasteiger partial charge in [0.1, 0.15) is 17.5 Å². The average molecular weight is 368 g/mol. The number of carbonyl (C=O) groups excluding carboxylic acids is 3. The maximum Gasteiger partial charge on any atom is 0.300 e. The molecule has 0 saturated heterocycles. The van der Waals surface area contributed by atoms with E-state index in [0.29, 0.717) is 28.4 Å². The van der Waals surface area contributed by atoms with Crippen molar-refractivity contribution in [2.75, 3.05) is 24.4 Å². The van der Waals surface area contributed by atoms with Gasteiger partial charge in [0.15, 0.2) is 0 Å². The van der Waals surface area contributed by atoms with Gasteiger partial charge < -0.3 is 14.8 Å². The van der Waals surface area contributed by atoms with Crippen LogP contribution in [0.25, 0.3) is 0 Å². The topological polar surface area (TPSA) is 84.9 Å². The summed E-state index contributed by atoms with van der Waals surface area (Å²) in [6, 6.07) is 9.25. The number of fused-ring (bicyclic) bond motifs is 1. The first-order valence-corrected chi connectivity index (χ1v) is 8.38. The third kappa shape index (κ3) is 3.23. The van der Waals surface area contributed by atoms with Crippen LogP contribution >= 0.6 is 0 Å². The van der Waals surface area contributed by atoms with Gasteiger partial charge in [0.2, 0.25) is 5.91 Å². The van der Waals surface area contributed by atoms with E-state index in [0.717, 1.165) is 5.56 Å². The molecular formula is C20H20N2O5. The molecule has 1 aliphatic rings. The van der Waals surface area contributed by atoms with Gasteiger partial charge in [-0.05, 0) is 38.1 Å². The Hall–Kier alpha value is -3.35. The monoisotopic (exact) mass is 368 g/mol. The van der Waals surface area contributed by atoms with Crippen LogP contribution in [0.3, 0.4) is 0 Å². The van der Waals surface area contributed by atoms with E-state index in [4.69, 9.17) is 9.47 Å². The zero-order valence-electron chi connectivity index (χ0n) is 15.5. The first kappa shape index (κ1) is 18.4. The summed E-state index contributed by atoms with van der Waals surface area (Å²) in [6.45, 7) is 3.41. The highest BCUT2D eigenvalue weighted by molar-refractivity contribution is 6.53. The molecule has 0 saturated carbocycles. The van der Waals surface area contributed by atoms with Crippen LogP contribution in [0.1, 0.15) is 22.8 Å². The molecule has 0 bridgehead atoms. The van der Waals surface area contributed by atoms with Gasteiger partial charge in [0, 0.05) is 6.07 Å². The lowest BCUT2D eigenvalue weighted by Crippen LogP contribution is -2.45. The minimum Gasteiger partial charge on any atom is -0.497 e. The Bertz CT molecular complexity index is 938. The van der Waals surface area contributed by atoms with Crippen molar-refractivity contribution in [1.82, 2.24) is 0 Å². The summed E-state index contributed by atoms with van der Waals surface area (Å²) < 4.78 is 10.4. The number of rotatable bonds is 5. The fourth-order valence-electron chi connectivity index (χ4n) is 3.03. The number of hydrogen-bond acceptors (Lipinski definition) is 5. The molecule has 2 amide bonds. The Labute approximate surface area is 156 Å². The lowest BCUT2D eigenvalue weighted by atomic mass is 10.1. The van der Waals surface area contributed by atoms with Crippen LogP contribution in [-0.2, 0) is 9.59 Å². The van der Waals surface area contributed by atoms with E-state index in [9.17, 15) is 14.4 Å². The van der Waals surface area contributed by atoms with Gasteiger partial charge in [0.25, 0.3) is 11.7 Å². The van der Waals surface area contributed by atoms with Crippen LogP contribution in [0.2, 0.25) is 0 Å². The van der Waals surface area contributed by atoms with Crippen molar-refractivity contribution in [2.24, 2.45) is 0 Å². The minimum absolute atomic E-state index is 0.318. The standard InChI is InChI=1S/C20H20N2O5/c1-11-5-7-16-14(9-11)18(23)20(25)22(16)12(2)19(24)21-15-10-13(26-3)6-8-17(15)27-4/h5-10,12H,1-4H3,(H,21,24). The molecule has 3 rings (SSSR count). The Morgan fingerprint density at radius 1 is 1.07 bits per heavy atom. The number of hydrogen-bond donors (Lipinski definition) is 1. The number of benzene rings is 2. The van der Waals surface area contributed by atoms with Gasteiger partial charge in [0.05, 0.1) is 31.2 Å². The molecule has 1 atom stereocenters. The number of ether oxygens (including phenoxy) is 2. The van der Waals surface area contributed by atoms with Crippen LogP contribution in [0, 0.1) is 6.92 Å². The lowest BCUT2D eigenvalue weighted by molar-refractivity contribution is -0.120. The third-order valence-electron chi connectivity index (χ3n) is 4.50. The van der Waals surface area contributed by atoms with Crippen LogP contribution in [0.4, 0.5) is 11.4 Å². The molecule has 27 heavy (non-hydrogen) atoms. The van der Waals surface area contributed by atoms with Crippen molar-refractivity contribution in [3.05, 3.63) is 47.5 Å². The van der Waals surface area contributed by atoms with Crippen LogP contribution in [-0.4, -0.2) is 37.9 Å². The first-order chi connectivity index (χ1) is 12.9.